The van der Waals surface area contributed by atoms with Crippen LogP contribution in [-0.2, 0) is 14.4 Å². The van der Waals surface area contributed by atoms with Crippen molar-refractivity contribution in [3.8, 4) is 0 Å². The van der Waals surface area contributed by atoms with Gasteiger partial charge in [0.25, 0.3) is 0 Å². The minimum Gasteiger partial charge on any atom is -0.323 e. The van der Waals surface area contributed by atoms with Crippen LogP contribution >= 0.6 is 23.2 Å². The quantitative estimate of drug-likeness (QED) is 0.629. The maximum Gasteiger partial charge on any atom is 0.247 e. The number of carbonyl (C=O) groups excluding carboxylic acids is 3. The molecule has 2 bridgehead atoms. The third-order valence-electron chi connectivity index (χ3n) is 5.69. The molecule has 1 aromatic rings. The molecule has 4 rings (SSSR count). The summed E-state index contributed by atoms with van der Waals surface area (Å²) >= 11 is 12.0. The molecular weight excluding hydrogens is 375 g/mol. The third kappa shape index (κ3) is 2.57. The van der Waals surface area contributed by atoms with E-state index in [1.807, 2.05) is 12.2 Å². The molecule has 1 saturated carbocycles. The molecule has 5 atom stereocenters. The van der Waals surface area contributed by atoms with Crippen LogP contribution in [0.2, 0.25) is 10.0 Å². The van der Waals surface area contributed by atoms with Gasteiger partial charge in [0, 0.05) is 5.02 Å². The van der Waals surface area contributed by atoms with Crippen LogP contribution in [-0.4, -0.2) is 28.7 Å². The van der Waals surface area contributed by atoms with Gasteiger partial charge in [-0.05, 0) is 42.9 Å². The topological polar surface area (TPSA) is 66.5 Å². The van der Waals surface area contributed by atoms with E-state index < -0.39 is 11.9 Å². The maximum atomic E-state index is 12.9. The molecule has 5 nitrogen and oxygen atoms in total. The fourth-order valence-corrected chi connectivity index (χ4v) is 4.98. The van der Waals surface area contributed by atoms with E-state index in [0.29, 0.717) is 22.2 Å². The molecule has 3 aliphatic rings. The van der Waals surface area contributed by atoms with Crippen molar-refractivity contribution >= 4 is 46.6 Å². The molecule has 1 aromatic carbocycles. The zero-order valence-electron chi connectivity index (χ0n) is 14.1. The average Bonchev–Trinajstić information content (AvgIpc) is 3.27. The summed E-state index contributed by atoms with van der Waals surface area (Å²) in [6.45, 7) is 1.79. The molecule has 2 fully saturated rings. The zero-order chi connectivity index (χ0) is 18.6. The molecule has 1 heterocycles. The van der Waals surface area contributed by atoms with Crippen LogP contribution in [0.3, 0.4) is 0 Å². The monoisotopic (exact) mass is 392 g/mol. The van der Waals surface area contributed by atoms with Gasteiger partial charge in [0.05, 0.1) is 22.5 Å². The van der Waals surface area contributed by atoms with Crippen molar-refractivity contribution in [3.63, 3.8) is 0 Å². The van der Waals surface area contributed by atoms with Crippen molar-refractivity contribution in [3.05, 3.63) is 40.4 Å². The van der Waals surface area contributed by atoms with Gasteiger partial charge in [-0.15, -0.1) is 0 Å². The summed E-state index contributed by atoms with van der Waals surface area (Å²) in [6, 6.07) is 3.90. The fourth-order valence-electron chi connectivity index (χ4n) is 4.52. The van der Waals surface area contributed by atoms with Gasteiger partial charge < -0.3 is 5.32 Å². The number of halogens is 2. The van der Waals surface area contributed by atoms with Crippen molar-refractivity contribution in [2.75, 3.05) is 5.32 Å². The number of imide groups is 1. The average molecular weight is 393 g/mol. The molecule has 1 aliphatic heterocycles. The molecule has 1 saturated heterocycles. The van der Waals surface area contributed by atoms with Crippen LogP contribution in [0.15, 0.2) is 30.4 Å². The number of amides is 3. The van der Waals surface area contributed by atoms with Gasteiger partial charge in [0.2, 0.25) is 17.7 Å². The highest BCUT2D eigenvalue weighted by Crippen LogP contribution is 2.53. The number of hydrogen-bond acceptors (Lipinski definition) is 3. The number of hydrogen-bond donors (Lipinski definition) is 1. The Hall–Kier alpha value is -1.85. The van der Waals surface area contributed by atoms with E-state index in [1.54, 1.807) is 19.1 Å². The first kappa shape index (κ1) is 17.6. The molecule has 26 heavy (non-hydrogen) atoms. The van der Waals surface area contributed by atoms with Gasteiger partial charge >= 0.3 is 0 Å². The second-order valence-corrected chi connectivity index (χ2v) is 7.93. The number of likely N-dealkylation sites (tertiary alicyclic amines) is 1. The molecule has 5 unspecified atom stereocenters. The second kappa shape index (κ2) is 6.39. The van der Waals surface area contributed by atoms with Crippen LogP contribution in [0.1, 0.15) is 19.8 Å². The van der Waals surface area contributed by atoms with E-state index in [9.17, 15) is 14.4 Å². The molecular formula is C19H18Cl2N2O3. The molecule has 1 N–H and O–H groups in total. The van der Waals surface area contributed by atoms with Crippen LogP contribution in [0.5, 0.6) is 0 Å². The van der Waals surface area contributed by atoms with E-state index in [2.05, 4.69) is 5.32 Å². The first-order valence-corrected chi connectivity index (χ1v) is 9.49. The number of carbonyl (C=O) groups is 3. The van der Waals surface area contributed by atoms with Crippen LogP contribution in [0.4, 0.5) is 5.69 Å². The predicted octanol–water partition coefficient (Wildman–Crippen LogP) is 3.52. The van der Waals surface area contributed by atoms with Gasteiger partial charge in [-0.25, -0.2) is 0 Å². The van der Waals surface area contributed by atoms with E-state index in [1.165, 1.54) is 11.0 Å². The Morgan fingerprint density at radius 3 is 2.35 bits per heavy atom. The Morgan fingerprint density at radius 2 is 1.81 bits per heavy atom. The molecule has 7 heteroatoms. The number of fused-ring (bicyclic) bond motifs is 5. The third-order valence-corrected chi connectivity index (χ3v) is 6.24. The molecule has 0 radical (unpaired) electrons. The number of nitrogens with one attached hydrogen (secondary N) is 1. The Bertz CT molecular complexity index is 808. The van der Waals surface area contributed by atoms with Gasteiger partial charge in [-0.2, -0.15) is 0 Å². The lowest BCUT2D eigenvalue weighted by Gasteiger charge is -2.26. The van der Waals surface area contributed by atoms with Crippen molar-refractivity contribution in [2.24, 2.45) is 23.7 Å². The van der Waals surface area contributed by atoms with E-state index in [-0.39, 0.29) is 35.5 Å². The molecule has 3 amide bonds. The summed E-state index contributed by atoms with van der Waals surface area (Å²) in [6.07, 6.45) is 5.28. The van der Waals surface area contributed by atoms with Crippen molar-refractivity contribution < 1.29 is 14.4 Å². The lowest BCUT2D eigenvalue weighted by molar-refractivity contribution is -0.147. The van der Waals surface area contributed by atoms with Gasteiger partial charge in [-0.3, -0.25) is 19.3 Å². The van der Waals surface area contributed by atoms with Gasteiger partial charge in [0.1, 0.15) is 6.04 Å². The Morgan fingerprint density at radius 1 is 1.19 bits per heavy atom. The SMILES string of the molecule is CCC(C(=O)Nc1ccc(Cl)cc1Cl)N1C(=O)C2C3C=CC(C3)C2C1=O. The highest BCUT2D eigenvalue weighted by Gasteiger charge is 2.60. The summed E-state index contributed by atoms with van der Waals surface area (Å²) in [5.74, 6) is -1.23. The van der Waals surface area contributed by atoms with E-state index in [4.69, 9.17) is 23.2 Å². The lowest BCUT2D eigenvalue weighted by atomic mass is 9.85. The maximum absolute atomic E-state index is 12.9. The molecule has 0 spiro atoms. The molecule has 136 valence electrons. The van der Waals surface area contributed by atoms with Crippen molar-refractivity contribution in [1.29, 1.82) is 0 Å². The van der Waals surface area contributed by atoms with Crippen LogP contribution in [0.25, 0.3) is 0 Å². The standard InChI is InChI=1S/C19H18Cl2N2O3/c1-2-14(17(24)22-13-6-5-11(20)8-12(13)21)23-18(25)15-9-3-4-10(7-9)16(15)19(23)26/h3-6,8-10,14-16H,2,7H2,1H3,(H,22,24). The smallest absolute Gasteiger partial charge is 0.247 e. The highest BCUT2D eigenvalue weighted by molar-refractivity contribution is 6.36. The van der Waals surface area contributed by atoms with Gasteiger partial charge in [0.15, 0.2) is 0 Å². The number of nitrogens with zero attached hydrogens (tertiary/aromatic N) is 1. The Kier molecular flexibility index (Phi) is 4.32. The normalized spacial score (nSPS) is 30.0. The lowest BCUT2D eigenvalue weighted by Crippen LogP contribution is -2.48. The first-order chi connectivity index (χ1) is 12.4. The molecule has 2 aliphatic carbocycles. The minimum atomic E-state index is -0.841. The predicted molar refractivity (Wildman–Crippen MR) is 98.7 cm³/mol. The summed E-state index contributed by atoms with van der Waals surface area (Å²) < 4.78 is 0. The Balaban J connectivity index is 1.56. The van der Waals surface area contributed by atoms with Gasteiger partial charge in [-0.1, -0.05) is 42.3 Å². The number of allylic oxidation sites excluding steroid dienone is 2. The van der Waals surface area contributed by atoms with Crippen molar-refractivity contribution in [1.82, 2.24) is 4.90 Å². The van der Waals surface area contributed by atoms with Crippen LogP contribution in [0, 0.1) is 23.7 Å². The van der Waals surface area contributed by atoms with E-state index >= 15 is 0 Å². The minimum absolute atomic E-state index is 0.123. The number of anilines is 1. The number of rotatable bonds is 4. The van der Waals surface area contributed by atoms with Crippen LogP contribution < -0.4 is 5.32 Å². The summed E-state index contributed by atoms with van der Waals surface area (Å²) in [4.78, 5) is 39.8. The van der Waals surface area contributed by atoms with E-state index in [0.717, 1.165) is 6.42 Å². The first-order valence-electron chi connectivity index (χ1n) is 8.73. The molecule has 0 aromatic heterocycles. The van der Waals surface area contributed by atoms with Crippen molar-refractivity contribution in [2.45, 2.75) is 25.8 Å². The highest BCUT2D eigenvalue weighted by atomic mass is 35.5. The summed E-state index contributed by atoms with van der Waals surface area (Å²) in [5, 5.41) is 3.48. The zero-order valence-corrected chi connectivity index (χ0v) is 15.6. The second-order valence-electron chi connectivity index (χ2n) is 7.08. The summed E-state index contributed by atoms with van der Waals surface area (Å²) in [5.41, 5.74) is 0.403. The Labute approximate surface area is 161 Å². The number of benzene rings is 1. The summed E-state index contributed by atoms with van der Waals surface area (Å²) in [7, 11) is 0. The fraction of sp³-hybridized carbons (Fsp3) is 0.421. The largest absolute Gasteiger partial charge is 0.323 e.